The Hall–Kier alpha value is -0.300. The molecule has 0 unspecified atom stereocenters. The van der Waals surface area contributed by atoms with Crippen LogP contribution >= 0.6 is 0 Å². The van der Waals surface area contributed by atoms with Gasteiger partial charge in [0.05, 0.1) is 6.10 Å². The highest BCUT2D eigenvalue weighted by Crippen LogP contribution is 2.64. The van der Waals surface area contributed by atoms with E-state index in [0.717, 1.165) is 24.2 Å². The zero-order valence-corrected chi connectivity index (χ0v) is 13.2. The highest BCUT2D eigenvalue weighted by Gasteiger charge is 2.57. The van der Waals surface area contributed by atoms with Crippen molar-refractivity contribution in [1.82, 2.24) is 0 Å². The fourth-order valence-electron chi connectivity index (χ4n) is 6.67. The Balaban J connectivity index is 1.69. The average molecular weight is 274 g/mol. The molecule has 0 bridgehead atoms. The molecule has 0 aromatic heterocycles. The fourth-order valence-corrected chi connectivity index (χ4v) is 6.67. The first-order valence-electron chi connectivity index (χ1n) is 8.93. The van der Waals surface area contributed by atoms with Gasteiger partial charge in [0, 0.05) is 0 Å². The molecule has 0 heterocycles. The van der Waals surface area contributed by atoms with Gasteiger partial charge in [0.2, 0.25) is 0 Å². The van der Waals surface area contributed by atoms with Gasteiger partial charge >= 0.3 is 0 Å². The van der Waals surface area contributed by atoms with Crippen LogP contribution in [0.15, 0.2) is 11.6 Å². The number of hydrogen-bond donors (Lipinski definition) is 1. The number of rotatable bonds is 0. The minimum Gasteiger partial charge on any atom is -0.393 e. The highest BCUT2D eigenvalue weighted by atomic mass is 16.3. The second-order valence-corrected chi connectivity index (χ2v) is 8.60. The quantitative estimate of drug-likeness (QED) is 0.635. The van der Waals surface area contributed by atoms with Crippen LogP contribution < -0.4 is 0 Å². The predicted octanol–water partition coefficient (Wildman–Crippen LogP) is 4.70. The summed E-state index contributed by atoms with van der Waals surface area (Å²) in [7, 11) is 0. The van der Waals surface area contributed by atoms with Crippen LogP contribution in [0, 0.1) is 28.6 Å². The van der Waals surface area contributed by atoms with Crippen molar-refractivity contribution in [3.05, 3.63) is 11.6 Å². The van der Waals surface area contributed by atoms with Crippen molar-refractivity contribution in [3.8, 4) is 0 Å². The lowest BCUT2D eigenvalue weighted by molar-refractivity contribution is -0.0661. The minimum absolute atomic E-state index is 0.0296. The topological polar surface area (TPSA) is 20.2 Å². The summed E-state index contributed by atoms with van der Waals surface area (Å²) in [5.41, 5.74) is 2.54. The normalized spacial score (nSPS) is 54.6. The van der Waals surface area contributed by atoms with Crippen molar-refractivity contribution in [3.63, 3.8) is 0 Å². The number of aliphatic hydroxyl groups excluding tert-OH is 1. The molecule has 4 aliphatic rings. The molecular weight excluding hydrogens is 244 g/mol. The van der Waals surface area contributed by atoms with Gasteiger partial charge in [0.15, 0.2) is 0 Å². The van der Waals surface area contributed by atoms with E-state index in [9.17, 15) is 5.11 Å². The van der Waals surface area contributed by atoms with Crippen molar-refractivity contribution in [2.45, 2.75) is 77.7 Å². The molecule has 3 saturated carbocycles. The number of allylic oxidation sites excluding steroid dienone is 2. The molecule has 1 nitrogen and oxygen atoms in total. The average Bonchev–Trinajstić information content (AvgIpc) is 2.74. The van der Waals surface area contributed by atoms with Crippen LogP contribution in [0.4, 0.5) is 0 Å². The minimum atomic E-state index is -0.0296. The van der Waals surface area contributed by atoms with Crippen LogP contribution in [0.3, 0.4) is 0 Å². The molecule has 0 aromatic rings. The smallest absolute Gasteiger partial charge is 0.0596 e. The van der Waals surface area contributed by atoms with E-state index in [1.165, 1.54) is 51.4 Å². The van der Waals surface area contributed by atoms with Crippen molar-refractivity contribution in [1.29, 1.82) is 0 Å². The summed E-state index contributed by atoms with van der Waals surface area (Å²) >= 11 is 0. The van der Waals surface area contributed by atoms with Gasteiger partial charge in [-0.05, 0) is 80.0 Å². The standard InChI is InChI=1S/C19H30O/c1-18-11-4-3-5-13(18)6-7-14-15-8-9-17(20)19(15,2)12-10-16(14)18/h6,14-17,20H,3-5,7-12H2,1-2H3/t14-,15-,16-,17+,18+,19-/m1/s1. The summed E-state index contributed by atoms with van der Waals surface area (Å²) in [5.74, 6) is 2.55. The molecule has 0 saturated heterocycles. The first-order valence-corrected chi connectivity index (χ1v) is 8.93. The molecule has 0 spiro atoms. The van der Waals surface area contributed by atoms with Crippen molar-refractivity contribution in [2.75, 3.05) is 0 Å². The van der Waals surface area contributed by atoms with Crippen LogP contribution in [-0.4, -0.2) is 11.2 Å². The van der Waals surface area contributed by atoms with Gasteiger partial charge in [-0.25, -0.2) is 0 Å². The molecule has 20 heavy (non-hydrogen) atoms. The lowest BCUT2D eigenvalue weighted by Crippen LogP contribution is -2.50. The van der Waals surface area contributed by atoms with E-state index >= 15 is 0 Å². The molecule has 0 amide bonds. The number of fused-ring (bicyclic) bond motifs is 5. The first kappa shape index (κ1) is 13.4. The maximum absolute atomic E-state index is 10.5. The zero-order valence-electron chi connectivity index (χ0n) is 13.2. The molecular formula is C19H30O. The van der Waals surface area contributed by atoms with Gasteiger partial charge in [-0.1, -0.05) is 31.9 Å². The summed E-state index contributed by atoms with van der Waals surface area (Å²) in [6.07, 6.45) is 14.5. The number of aliphatic hydroxyl groups is 1. The summed E-state index contributed by atoms with van der Waals surface area (Å²) in [6, 6.07) is 0. The van der Waals surface area contributed by atoms with Gasteiger partial charge < -0.3 is 5.11 Å². The number of hydrogen-bond acceptors (Lipinski definition) is 1. The fraction of sp³-hybridized carbons (Fsp3) is 0.895. The summed E-state index contributed by atoms with van der Waals surface area (Å²) in [4.78, 5) is 0. The van der Waals surface area contributed by atoms with Gasteiger partial charge in [-0.3, -0.25) is 0 Å². The Morgan fingerprint density at radius 1 is 1.05 bits per heavy atom. The van der Waals surface area contributed by atoms with Crippen LogP contribution in [0.1, 0.15) is 71.6 Å². The van der Waals surface area contributed by atoms with E-state index in [1.807, 2.05) is 0 Å². The van der Waals surface area contributed by atoms with E-state index in [2.05, 4.69) is 19.9 Å². The van der Waals surface area contributed by atoms with E-state index in [4.69, 9.17) is 0 Å². The van der Waals surface area contributed by atoms with Crippen LogP contribution in [0.5, 0.6) is 0 Å². The SMILES string of the molecule is C[C@@]12CC[C@@H]3[C@H](CC=C4CCCC[C@@]43C)[C@H]1CC[C@@H]2O. The van der Waals surface area contributed by atoms with Crippen molar-refractivity contribution < 1.29 is 5.11 Å². The third-order valence-corrected chi connectivity index (χ3v) is 7.97. The lowest BCUT2D eigenvalue weighted by Gasteiger charge is -2.57. The zero-order chi connectivity index (χ0) is 14.0. The third-order valence-electron chi connectivity index (χ3n) is 7.97. The summed E-state index contributed by atoms with van der Waals surface area (Å²) < 4.78 is 0. The Morgan fingerprint density at radius 3 is 2.75 bits per heavy atom. The van der Waals surface area contributed by atoms with Crippen molar-refractivity contribution in [2.24, 2.45) is 28.6 Å². The van der Waals surface area contributed by atoms with E-state index in [1.54, 1.807) is 5.57 Å². The Kier molecular flexibility index (Phi) is 2.91. The maximum Gasteiger partial charge on any atom is 0.0596 e. The molecule has 4 aliphatic carbocycles. The maximum atomic E-state index is 10.5. The highest BCUT2D eigenvalue weighted by molar-refractivity contribution is 5.24. The van der Waals surface area contributed by atoms with Gasteiger partial charge in [-0.2, -0.15) is 0 Å². The molecule has 4 rings (SSSR count). The largest absolute Gasteiger partial charge is 0.393 e. The summed E-state index contributed by atoms with van der Waals surface area (Å²) in [5, 5.41) is 10.5. The molecule has 0 radical (unpaired) electrons. The Morgan fingerprint density at radius 2 is 1.90 bits per heavy atom. The van der Waals surface area contributed by atoms with Gasteiger partial charge in [-0.15, -0.1) is 0 Å². The van der Waals surface area contributed by atoms with E-state index < -0.39 is 0 Å². The molecule has 0 aromatic carbocycles. The molecule has 6 atom stereocenters. The Bertz CT molecular complexity index is 439. The predicted molar refractivity (Wildman–Crippen MR) is 82.3 cm³/mol. The second-order valence-electron chi connectivity index (χ2n) is 8.60. The monoisotopic (exact) mass is 274 g/mol. The van der Waals surface area contributed by atoms with Gasteiger partial charge in [0.1, 0.15) is 0 Å². The lowest BCUT2D eigenvalue weighted by atomic mass is 9.48. The first-order chi connectivity index (χ1) is 9.56. The van der Waals surface area contributed by atoms with Crippen LogP contribution in [-0.2, 0) is 0 Å². The molecule has 3 fully saturated rings. The van der Waals surface area contributed by atoms with Crippen molar-refractivity contribution >= 4 is 0 Å². The second kappa shape index (κ2) is 4.35. The molecule has 1 heteroatoms. The summed E-state index contributed by atoms with van der Waals surface area (Å²) in [6.45, 7) is 4.96. The van der Waals surface area contributed by atoms with Crippen LogP contribution in [0.2, 0.25) is 0 Å². The van der Waals surface area contributed by atoms with Crippen LogP contribution in [0.25, 0.3) is 0 Å². The van der Waals surface area contributed by atoms with Gasteiger partial charge in [0.25, 0.3) is 0 Å². The van der Waals surface area contributed by atoms with E-state index in [-0.39, 0.29) is 11.5 Å². The molecule has 0 aliphatic heterocycles. The third kappa shape index (κ3) is 1.59. The Labute approximate surface area is 123 Å². The molecule has 112 valence electrons. The molecule has 1 N–H and O–H groups in total. The van der Waals surface area contributed by atoms with E-state index in [0.29, 0.717) is 5.41 Å².